The number of benzene rings is 1. The lowest BCUT2D eigenvalue weighted by molar-refractivity contribution is -0.139. The molecule has 0 radical (unpaired) electrons. The van der Waals surface area contributed by atoms with E-state index in [0.717, 1.165) is 11.3 Å². The Morgan fingerprint density at radius 1 is 1.00 bits per heavy atom. The molecule has 1 aromatic heterocycles. The number of imide groups is 1. The minimum Gasteiger partial charge on any atom is -0.490 e. The average molecular weight is 482 g/mol. The molecule has 4 heterocycles. The molecule has 11 heteroatoms. The lowest BCUT2D eigenvalue weighted by Gasteiger charge is -2.34. The Kier molecular flexibility index (Phi) is 5.83. The Morgan fingerprint density at radius 3 is 2.43 bits per heavy atom. The average Bonchev–Trinajstić information content (AvgIpc) is 3.39. The number of fused-ring (bicyclic) bond motifs is 1. The maximum absolute atomic E-state index is 13.3. The highest BCUT2D eigenvalue weighted by atomic mass is 16.5. The molecular formula is C24H26N4O7. The van der Waals surface area contributed by atoms with E-state index in [1.807, 2.05) is 0 Å². The van der Waals surface area contributed by atoms with Crippen molar-refractivity contribution in [3.8, 4) is 11.5 Å². The van der Waals surface area contributed by atoms with Crippen LogP contribution in [0, 0.1) is 0 Å². The monoisotopic (exact) mass is 482 g/mol. The maximum atomic E-state index is 13.3. The number of carbonyl (C=O) groups is 4. The smallest absolute Gasteiger partial charge is 0.325 e. The summed E-state index contributed by atoms with van der Waals surface area (Å²) in [5, 5.41) is 2.72. The molecule has 0 saturated carbocycles. The molecular weight excluding hydrogens is 456 g/mol. The number of nitrogens with one attached hydrogen (secondary N) is 1. The van der Waals surface area contributed by atoms with E-state index in [1.165, 1.54) is 6.26 Å². The summed E-state index contributed by atoms with van der Waals surface area (Å²) in [6.45, 7) is 3.53. The summed E-state index contributed by atoms with van der Waals surface area (Å²) in [6, 6.07) is 7.73. The fourth-order valence-corrected chi connectivity index (χ4v) is 4.46. The van der Waals surface area contributed by atoms with Crippen molar-refractivity contribution in [2.45, 2.75) is 18.9 Å². The van der Waals surface area contributed by atoms with Gasteiger partial charge in [0.25, 0.3) is 11.8 Å². The highest BCUT2D eigenvalue weighted by Crippen LogP contribution is 2.36. The van der Waals surface area contributed by atoms with Crippen LogP contribution >= 0.6 is 0 Å². The minimum atomic E-state index is -1.34. The number of ether oxygens (including phenoxy) is 2. The second kappa shape index (κ2) is 8.97. The highest BCUT2D eigenvalue weighted by molar-refractivity contribution is 6.09. The Labute approximate surface area is 201 Å². The lowest BCUT2D eigenvalue weighted by atomic mass is 9.91. The van der Waals surface area contributed by atoms with Gasteiger partial charge in [0.2, 0.25) is 5.91 Å². The van der Waals surface area contributed by atoms with E-state index in [2.05, 4.69) is 5.32 Å². The number of rotatable bonds is 4. The van der Waals surface area contributed by atoms with Gasteiger partial charge in [0.15, 0.2) is 17.3 Å². The van der Waals surface area contributed by atoms with Crippen LogP contribution in [0.5, 0.6) is 11.5 Å². The molecule has 3 aliphatic heterocycles. The van der Waals surface area contributed by atoms with Crippen LogP contribution in [0.15, 0.2) is 41.0 Å². The van der Waals surface area contributed by atoms with Crippen LogP contribution in [-0.2, 0) is 15.1 Å². The molecule has 1 atom stereocenters. The molecule has 5 rings (SSSR count). The van der Waals surface area contributed by atoms with Gasteiger partial charge in [-0.2, -0.15) is 0 Å². The molecule has 2 fully saturated rings. The van der Waals surface area contributed by atoms with Gasteiger partial charge in [-0.15, -0.1) is 0 Å². The van der Waals surface area contributed by atoms with Crippen LogP contribution in [-0.4, -0.2) is 84.4 Å². The quantitative estimate of drug-likeness (QED) is 0.650. The number of hydrogen-bond donors (Lipinski definition) is 1. The van der Waals surface area contributed by atoms with E-state index in [0.29, 0.717) is 56.5 Å². The van der Waals surface area contributed by atoms with Gasteiger partial charge in [-0.05, 0) is 36.8 Å². The molecule has 0 bridgehead atoms. The third-order valence-electron chi connectivity index (χ3n) is 6.54. The Bertz CT molecular complexity index is 1160. The zero-order valence-electron chi connectivity index (χ0n) is 19.3. The number of hydrogen-bond acceptors (Lipinski definition) is 7. The van der Waals surface area contributed by atoms with Crippen LogP contribution in [0.25, 0.3) is 0 Å². The first-order chi connectivity index (χ1) is 16.9. The van der Waals surface area contributed by atoms with E-state index in [1.54, 1.807) is 47.1 Å². The van der Waals surface area contributed by atoms with Crippen molar-refractivity contribution in [3.63, 3.8) is 0 Å². The van der Waals surface area contributed by atoms with Crippen molar-refractivity contribution in [2.24, 2.45) is 0 Å². The third kappa shape index (κ3) is 4.17. The fourth-order valence-electron chi connectivity index (χ4n) is 4.46. The number of nitrogens with zero attached hydrogens (tertiary/aromatic N) is 3. The fraction of sp³-hybridized carbons (Fsp3) is 0.417. The van der Waals surface area contributed by atoms with Crippen molar-refractivity contribution in [1.29, 1.82) is 0 Å². The number of amides is 5. The van der Waals surface area contributed by atoms with Crippen molar-refractivity contribution in [2.75, 3.05) is 45.9 Å². The molecule has 0 aliphatic carbocycles. The number of piperazine rings is 1. The predicted molar refractivity (Wildman–Crippen MR) is 121 cm³/mol. The van der Waals surface area contributed by atoms with Gasteiger partial charge in [0, 0.05) is 32.6 Å². The molecule has 2 aromatic rings. The summed E-state index contributed by atoms with van der Waals surface area (Å²) in [5.74, 6) is 0.238. The molecule has 0 spiro atoms. The van der Waals surface area contributed by atoms with Gasteiger partial charge >= 0.3 is 6.03 Å². The van der Waals surface area contributed by atoms with Gasteiger partial charge < -0.3 is 29.0 Å². The lowest BCUT2D eigenvalue weighted by Crippen LogP contribution is -2.53. The van der Waals surface area contributed by atoms with Crippen molar-refractivity contribution >= 4 is 23.8 Å². The van der Waals surface area contributed by atoms with E-state index in [4.69, 9.17) is 13.9 Å². The minimum absolute atomic E-state index is 0.234. The van der Waals surface area contributed by atoms with Gasteiger partial charge in [0.05, 0.1) is 19.5 Å². The molecule has 1 N–H and O–H groups in total. The van der Waals surface area contributed by atoms with E-state index in [9.17, 15) is 19.2 Å². The largest absolute Gasteiger partial charge is 0.490 e. The van der Waals surface area contributed by atoms with Crippen LogP contribution in [0.2, 0.25) is 0 Å². The van der Waals surface area contributed by atoms with E-state index < -0.39 is 17.5 Å². The summed E-state index contributed by atoms with van der Waals surface area (Å²) in [5.41, 5.74) is -0.795. The van der Waals surface area contributed by atoms with Gasteiger partial charge in [-0.3, -0.25) is 19.3 Å². The Hall–Kier alpha value is -4.02. The number of urea groups is 1. The molecule has 5 amide bonds. The van der Waals surface area contributed by atoms with E-state index in [-0.39, 0.29) is 24.1 Å². The summed E-state index contributed by atoms with van der Waals surface area (Å²) < 4.78 is 16.5. The zero-order chi connectivity index (χ0) is 24.6. The summed E-state index contributed by atoms with van der Waals surface area (Å²) in [6.07, 6.45) is 2.18. The maximum Gasteiger partial charge on any atom is 0.325 e. The van der Waals surface area contributed by atoms with Crippen molar-refractivity contribution in [1.82, 2.24) is 20.0 Å². The Morgan fingerprint density at radius 2 is 1.71 bits per heavy atom. The van der Waals surface area contributed by atoms with Crippen LogP contribution < -0.4 is 14.8 Å². The summed E-state index contributed by atoms with van der Waals surface area (Å²) in [4.78, 5) is 55.5. The highest BCUT2D eigenvalue weighted by Gasteiger charge is 2.50. The van der Waals surface area contributed by atoms with Gasteiger partial charge in [0.1, 0.15) is 12.1 Å². The molecule has 1 aromatic carbocycles. The first-order valence-electron chi connectivity index (χ1n) is 11.5. The molecule has 2 saturated heterocycles. The second-order valence-electron chi connectivity index (χ2n) is 8.81. The zero-order valence-corrected chi connectivity index (χ0v) is 19.3. The number of carbonyl (C=O) groups excluding carboxylic acids is 4. The molecule has 184 valence electrons. The Balaban J connectivity index is 1.23. The standard InChI is InChI=1S/C24H26N4O7/c1-24(16-5-6-17-19(14-16)35-13-3-12-33-17)22(31)28(23(32)25-24)15-20(29)26-7-9-27(10-8-26)21(30)18-4-2-11-34-18/h2,4-6,11,14H,3,7-10,12-13,15H2,1H3,(H,25,32). The van der Waals surface area contributed by atoms with Crippen LogP contribution in [0.3, 0.4) is 0 Å². The summed E-state index contributed by atoms with van der Waals surface area (Å²) in [7, 11) is 0. The first-order valence-corrected chi connectivity index (χ1v) is 11.5. The van der Waals surface area contributed by atoms with Gasteiger partial charge in [-0.1, -0.05) is 6.07 Å². The second-order valence-corrected chi connectivity index (χ2v) is 8.81. The van der Waals surface area contributed by atoms with Gasteiger partial charge in [-0.25, -0.2) is 4.79 Å². The third-order valence-corrected chi connectivity index (χ3v) is 6.54. The van der Waals surface area contributed by atoms with Crippen LogP contribution in [0.4, 0.5) is 4.79 Å². The molecule has 35 heavy (non-hydrogen) atoms. The molecule has 3 aliphatic rings. The topological polar surface area (TPSA) is 122 Å². The number of furan rings is 1. The molecule has 11 nitrogen and oxygen atoms in total. The van der Waals surface area contributed by atoms with Crippen molar-refractivity contribution < 1.29 is 33.1 Å². The van der Waals surface area contributed by atoms with E-state index >= 15 is 0 Å². The summed E-state index contributed by atoms with van der Waals surface area (Å²) >= 11 is 0. The SMILES string of the molecule is CC1(c2ccc3c(c2)OCCCO3)NC(=O)N(CC(=O)N2CCN(C(=O)c3ccco3)CC2)C1=O. The first kappa shape index (κ1) is 22.8. The van der Waals surface area contributed by atoms with Crippen molar-refractivity contribution in [3.05, 3.63) is 47.9 Å². The molecule has 1 unspecified atom stereocenters. The van der Waals surface area contributed by atoms with Crippen LogP contribution in [0.1, 0.15) is 29.5 Å². The normalized spacial score (nSPS) is 22.1. The predicted octanol–water partition coefficient (Wildman–Crippen LogP) is 1.19.